The Morgan fingerprint density at radius 1 is 1.08 bits per heavy atom. The van der Waals surface area contributed by atoms with Gasteiger partial charge in [-0.05, 0) is 24.3 Å². The van der Waals surface area contributed by atoms with Gasteiger partial charge in [0.2, 0.25) is 6.79 Å². The first-order valence-corrected chi connectivity index (χ1v) is 7.66. The van der Waals surface area contributed by atoms with Gasteiger partial charge in [0.1, 0.15) is 0 Å². The minimum atomic E-state index is 0.258. The van der Waals surface area contributed by atoms with E-state index >= 15 is 0 Å². The number of aryl methyl sites for hydroxylation is 1. The largest absolute Gasteiger partial charge is 0.454 e. The molecule has 1 aliphatic rings. The molecule has 3 heterocycles. The molecule has 0 amide bonds. The summed E-state index contributed by atoms with van der Waals surface area (Å²) in [6.07, 6.45) is 2.06. The van der Waals surface area contributed by atoms with E-state index in [2.05, 4.69) is 38.1 Å². The molecule has 0 unspecified atom stereocenters. The average Bonchev–Trinajstić information content (AvgIpc) is 3.32. The minimum Gasteiger partial charge on any atom is -0.454 e. The summed E-state index contributed by atoms with van der Waals surface area (Å²) in [5, 5.41) is 8.56. The van der Waals surface area contributed by atoms with Gasteiger partial charge in [0.25, 0.3) is 0 Å². The van der Waals surface area contributed by atoms with Crippen LogP contribution in [-0.4, -0.2) is 26.5 Å². The number of para-hydroxylation sites is 1. The Morgan fingerprint density at radius 2 is 1.96 bits per heavy atom. The molecule has 0 atom stereocenters. The number of aromatic amines is 1. The van der Waals surface area contributed by atoms with Gasteiger partial charge in [0.05, 0.1) is 0 Å². The molecular formula is C18H14N4O2. The molecule has 5 rings (SSSR count). The third kappa shape index (κ3) is 1.89. The Balaban J connectivity index is 1.60. The standard InChI is InChI=1S/C18H14N4O2/c1-22-9-13(12-4-2-3-5-14(12)22)18-19-17(20-21-18)11-6-7-15-16(8-11)24-10-23-15/h2-9H,10H2,1H3,(H,19,20,21). The van der Waals surface area contributed by atoms with Crippen LogP contribution in [-0.2, 0) is 7.05 Å². The predicted molar refractivity (Wildman–Crippen MR) is 89.9 cm³/mol. The zero-order valence-corrected chi connectivity index (χ0v) is 13.0. The van der Waals surface area contributed by atoms with Crippen LogP contribution in [0.3, 0.4) is 0 Å². The van der Waals surface area contributed by atoms with Crippen molar-refractivity contribution in [2.24, 2.45) is 7.05 Å². The van der Waals surface area contributed by atoms with Gasteiger partial charge in [0, 0.05) is 35.3 Å². The van der Waals surface area contributed by atoms with E-state index in [1.54, 1.807) is 0 Å². The Kier molecular flexibility index (Phi) is 2.67. The van der Waals surface area contributed by atoms with Crippen LogP contribution in [0, 0.1) is 0 Å². The third-order valence-corrected chi connectivity index (χ3v) is 4.27. The van der Waals surface area contributed by atoms with Crippen LogP contribution in [0.25, 0.3) is 33.7 Å². The minimum absolute atomic E-state index is 0.258. The highest BCUT2D eigenvalue weighted by molar-refractivity contribution is 5.94. The molecule has 1 aliphatic heterocycles. The molecule has 118 valence electrons. The first-order valence-electron chi connectivity index (χ1n) is 7.66. The molecule has 0 spiro atoms. The number of hydrogen-bond donors (Lipinski definition) is 1. The summed E-state index contributed by atoms with van der Waals surface area (Å²) in [5.41, 5.74) is 3.09. The Morgan fingerprint density at radius 3 is 2.92 bits per heavy atom. The van der Waals surface area contributed by atoms with Gasteiger partial charge in [0.15, 0.2) is 23.1 Å². The Hall–Kier alpha value is -3.28. The summed E-state index contributed by atoms with van der Waals surface area (Å²) in [6.45, 7) is 0.258. The van der Waals surface area contributed by atoms with Gasteiger partial charge in [-0.3, -0.25) is 5.10 Å². The monoisotopic (exact) mass is 318 g/mol. The second-order valence-corrected chi connectivity index (χ2v) is 5.75. The molecule has 0 saturated carbocycles. The highest BCUT2D eigenvalue weighted by Gasteiger charge is 2.17. The van der Waals surface area contributed by atoms with Crippen molar-refractivity contribution in [2.45, 2.75) is 0 Å². The van der Waals surface area contributed by atoms with Gasteiger partial charge in [-0.25, -0.2) is 4.98 Å². The van der Waals surface area contributed by atoms with Crippen molar-refractivity contribution in [2.75, 3.05) is 6.79 Å². The topological polar surface area (TPSA) is 65.0 Å². The number of benzene rings is 2. The van der Waals surface area contributed by atoms with E-state index in [0.29, 0.717) is 5.82 Å². The molecule has 0 radical (unpaired) electrons. The fourth-order valence-corrected chi connectivity index (χ4v) is 3.08. The molecule has 2 aromatic heterocycles. The maximum Gasteiger partial charge on any atom is 0.231 e. The summed E-state index contributed by atoms with van der Waals surface area (Å²) in [4.78, 5) is 4.66. The van der Waals surface area contributed by atoms with Gasteiger partial charge in [-0.1, -0.05) is 18.2 Å². The number of ether oxygens (including phenoxy) is 2. The van der Waals surface area contributed by atoms with Crippen molar-refractivity contribution < 1.29 is 9.47 Å². The molecule has 0 bridgehead atoms. The zero-order chi connectivity index (χ0) is 16.1. The van der Waals surface area contributed by atoms with Gasteiger partial charge in [-0.2, -0.15) is 5.10 Å². The number of aromatic nitrogens is 4. The second kappa shape index (κ2) is 4.86. The lowest BCUT2D eigenvalue weighted by molar-refractivity contribution is 0.174. The van der Waals surface area contributed by atoms with Crippen LogP contribution in [0.2, 0.25) is 0 Å². The molecule has 0 aliphatic carbocycles. The van der Waals surface area contributed by atoms with Crippen molar-refractivity contribution in [1.82, 2.24) is 19.7 Å². The summed E-state index contributed by atoms with van der Waals surface area (Å²) >= 11 is 0. The van der Waals surface area contributed by atoms with Crippen LogP contribution in [0.5, 0.6) is 11.5 Å². The third-order valence-electron chi connectivity index (χ3n) is 4.27. The number of rotatable bonds is 2. The lowest BCUT2D eigenvalue weighted by Crippen LogP contribution is -1.92. The lowest BCUT2D eigenvalue weighted by atomic mass is 10.1. The first-order chi connectivity index (χ1) is 11.8. The van der Waals surface area contributed by atoms with E-state index in [4.69, 9.17) is 9.47 Å². The molecule has 0 fully saturated rings. The van der Waals surface area contributed by atoms with Crippen LogP contribution >= 0.6 is 0 Å². The highest BCUT2D eigenvalue weighted by Crippen LogP contribution is 2.35. The number of nitrogens with zero attached hydrogens (tertiary/aromatic N) is 3. The van der Waals surface area contributed by atoms with Crippen molar-refractivity contribution in [3.63, 3.8) is 0 Å². The molecule has 4 aromatic rings. The highest BCUT2D eigenvalue weighted by atomic mass is 16.7. The molecule has 6 nitrogen and oxygen atoms in total. The summed E-state index contributed by atoms with van der Waals surface area (Å²) in [5.74, 6) is 2.86. The van der Waals surface area contributed by atoms with E-state index in [1.807, 2.05) is 37.4 Å². The maximum atomic E-state index is 5.42. The number of fused-ring (bicyclic) bond motifs is 2. The van der Waals surface area contributed by atoms with Crippen LogP contribution < -0.4 is 9.47 Å². The van der Waals surface area contributed by atoms with E-state index in [0.717, 1.165) is 39.4 Å². The van der Waals surface area contributed by atoms with Crippen molar-refractivity contribution in [3.8, 4) is 34.3 Å². The summed E-state index contributed by atoms with van der Waals surface area (Å²) in [6, 6.07) is 14.0. The molecule has 1 N–H and O–H groups in total. The number of hydrogen-bond acceptors (Lipinski definition) is 4. The van der Waals surface area contributed by atoms with Crippen molar-refractivity contribution in [1.29, 1.82) is 0 Å². The normalized spacial score (nSPS) is 12.9. The molecule has 2 aromatic carbocycles. The fraction of sp³-hybridized carbons (Fsp3) is 0.111. The molecule has 24 heavy (non-hydrogen) atoms. The second-order valence-electron chi connectivity index (χ2n) is 5.75. The van der Waals surface area contributed by atoms with Crippen LogP contribution in [0.15, 0.2) is 48.7 Å². The average molecular weight is 318 g/mol. The predicted octanol–water partition coefficient (Wildman–Crippen LogP) is 3.36. The van der Waals surface area contributed by atoms with Gasteiger partial charge < -0.3 is 14.0 Å². The maximum absolute atomic E-state index is 5.42. The fourth-order valence-electron chi connectivity index (χ4n) is 3.08. The smallest absolute Gasteiger partial charge is 0.231 e. The van der Waals surface area contributed by atoms with Gasteiger partial charge in [-0.15, -0.1) is 0 Å². The Bertz CT molecular complexity index is 1060. The Labute approximate surface area is 137 Å². The van der Waals surface area contributed by atoms with Crippen molar-refractivity contribution in [3.05, 3.63) is 48.7 Å². The molecular weight excluding hydrogens is 304 g/mol. The lowest BCUT2D eigenvalue weighted by Gasteiger charge is -1.98. The summed E-state index contributed by atoms with van der Waals surface area (Å²) < 4.78 is 12.9. The van der Waals surface area contributed by atoms with Crippen molar-refractivity contribution >= 4 is 10.9 Å². The van der Waals surface area contributed by atoms with Crippen LogP contribution in [0.4, 0.5) is 0 Å². The van der Waals surface area contributed by atoms with E-state index in [9.17, 15) is 0 Å². The summed E-state index contributed by atoms with van der Waals surface area (Å²) in [7, 11) is 2.03. The number of nitrogens with one attached hydrogen (secondary N) is 1. The molecule has 0 saturated heterocycles. The zero-order valence-electron chi connectivity index (χ0n) is 13.0. The van der Waals surface area contributed by atoms with Crippen LogP contribution in [0.1, 0.15) is 0 Å². The first kappa shape index (κ1) is 13.2. The molecule has 6 heteroatoms. The number of H-pyrrole nitrogens is 1. The SMILES string of the molecule is Cn1cc(-c2nc(-c3ccc4c(c3)OCO4)n[nH]2)c2ccccc21. The van der Waals surface area contributed by atoms with E-state index in [-0.39, 0.29) is 6.79 Å². The van der Waals surface area contributed by atoms with Gasteiger partial charge >= 0.3 is 0 Å². The quantitative estimate of drug-likeness (QED) is 0.615. The van der Waals surface area contributed by atoms with E-state index in [1.165, 1.54) is 0 Å². The van der Waals surface area contributed by atoms with E-state index < -0.39 is 0 Å².